The average Bonchev–Trinajstić information content (AvgIpc) is 3.38. The molecular formula is C27H35N3O4. The van der Waals surface area contributed by atoms with Gasteiger partial charge in [0.2, 0.25) is 0 Å². The molecule has 0 spiro atoms. The van der Waals surface area contributed by atoms with E-state index in [1.54, 1.807) is 7.11 Å². The maximum Gasteiger partial charge on any atom is 0.405 e. The van der Waals surface area contributed by atoms with Crippen LogP contribution in [0.15, 0.2) is 48.5 Å². The highest BCUT2D eigenvalue weighted by atomic mass is 16.5. The molecule has 2 heterocycles. The molecule has 0 aromatic heterocycles. The molecule has 0 radical (unpaired) electrons. The van der Waals surface area contributed by atoms with Crippen molar-refractivity contribution < 1.29 is 19.4 Å². The van der Waals surface area contributed by atoms with Crippen molar-refractivity contribution in [2.45, 2.75) is 32.4 Å². The monoisotopic (exact) mass is 465 g/mol. The third-order valence-corrected chi connectivity index (χ3v) is 7.38. The molecule has 7 nitrogen and oxygen atoms in total. The molecular weight excluding hydrogens is 430 g/mol. The fourth-order valence-corrected chi connectivity index (χ4v) is 5.70. The van der Waals surface area contributed by atoms with Gasteiger partial charge < -0.3 is 20.1 Å². The summed E-state index contributed by atoms with van der Waals surface area (Å²) in [5.74, 6) is 0.991. The normalized spacial score (nSPS) is 21.8. The first-order chi connectivity index (χ1) is 16.4. The summed E-state index contributed by atoms with van der Waals surface area (Å²) in [5, 5.41) is 12.1. The number of likely N-dealkylation sites (tertiary alicyclic amines) is 2. The number of nitrogens with one attached hydrogen (secondary N) is 1. The van der Waals surface area contributed by atoms with E-state index in [0.717, 1.165) is 48.4 Å². The molecule has 2 amide bonds. The summed E-state index contributed by atoms with van der Waals surface area (Å²) in [6.45, 7) is 7.86. The third kappa shape index (κ3) is 5.26. The Morgan fingerprint density at radius 2 is 1.62 bits per heavy atom. The number of amides is 2. The Morgan fingerprint density at radius 1 is 1.00 bits per heavy atom. The van der Waals surface area contributed by atoms with E-state index in [9.17, 15) is 14.7 Å². The van der Waals surface area contributed by atoms with Gasteiger partial charge in [0.25, 0.3) is 5.91 Å². The van der Waals surface area contributed by atoms with E-state index in [0.29, 0.717) is 24.9 Å². The molecule has 0 aliphatic carbocycles. The molecule has 7 heteroatoms. The second-order valence-corrected chi connectivity index (χ2v) is 9.71. The quantitative estimate of drug-likeness (QED) is 0.621. The van der Waals surface area contributed by atoms with Crippen molar-refractivity contribution in [2.75, 3.05) is 39.9 Å². The number of aryl methyl sites for hydroxylation is 2. The second kappa shape index (κ2) is 10.6. The number of ether oxygens (including phenoxy) is 1. The van der Waals surface area contributed by atoms with Crippen molar-refractivity contribution in [3.8, 4) is 0 Å². The van der Waals surface area contributed by atoms with Gasteiger partial charge in [0, 0.05) is 44.9 Å². The van der Waals surface area contributed by atoms with Gasteiger partial charge >= 0.3 is 6.09 Å². The number of rotatable bonds is 8. The van der Waals surface area contributed by atoms with Crippen LogP contribution >= 0.6 is 0 Å². The topological polar surface area (TPSA) is 82.1 Å². The Hall–Kier alpha value is -2.90. The van der Waals surface area contributed by atoms with Gasteiger partial charge in [-0.05, 0) is 48.8 Å². The van der Waals surface area contributed by atoms with Crippen LogP contribution in [-0.2, 0) is 4.74 Å². The molecule has 2 aliphatic rings. The standard InChI is InChI=1S/C27H35N3O4/c1-18-8-7-9-19(2)25(18)26(31)30-15-21-13-29(14-22(21)16-30)23(17-34-3)12-24(28-27(32)33)20-10-5-4-6-11-20/h4-11,21-24,28H,12-17H2,1-3H3,(H,32,33)/t21?,22?,23-,24?/m0/s1. The molecule has 0 saturated carbocycles. The molecule has 2 fully saturated rings. The maximum absolute atomic E-state index is 13.3. The highest BCUT2D eigenvalue weighted by Crippen LogP contribution is 2.35. The Labute approximate surface area is 201 Å². The van der Waals surface area contributed by atoms with Crippen molar-refractivity contribution in [1.29, 1.82) is 0 Å². The van der Waals surface area contributed by atoms with Crippen LogP contribution < -0.4 is 5.32 Å². The number of benzene rings is 2. The van der Waals surface area contributed by atoms with Gasteiger partial charge in [-0.1, -0.05) is 48.5 Å². The van der Waals surface area contributed by atoms with Gasteiger partial charge in [0.1, 0.15) is 0 Å². The first-order valence-electron chi connectivity index (χ1n) is 12.0. The van der Waals surface area contributed by atoms with Crippen LogP contribution in [0, 0.1) is 25.7 Å². The molecule has 182 valence electrons. The molecule has 4 atom stereocenters. The van der Waals surface area contributed by atoms with Crippen molar-refractivity contribution in [3.05, 3.63) is 70.8 Å². The summed E-state index contributed by atoms with van der Waals surface area (Å²) in [4.78, 5) is 29.2. The first kappa shape index (κ1) is 24.2. The lowest BCUT2D eigenvalue weighted by atomic mass is 9.98. The smallest absolute Gasteiger partial charge is 0.405 e. The van der Waals surface area contributed by atoms with Gasteiger partial charge in [0.05, 0.1) is 12.6 Å². The summed E-state index contributed by atoms with van der Waals surface area (Å²) in [6, 6.07) is 15.5. The van der Waals surface area contributed by atoms with Gasteiger partial charge in [-0.3, -0.25) is 9.69 Å². The van der Waals surface area contributed by atoms with Crippen molar-refractivity contribution in [2.24, 2.45) is 11.8 Å². The summed E-state index contributed by atoms with van der Waals surface area (Å²) >= 11 is 0. The molecule has 4 rings (SSSR count). The molecule has 3 unspecified atom stereocenters. The lowest BCUT2D eigenvalue weighted by Crippen LogP contribution is -2.43. The number of nitrogens with zero attached hydrogens (tertiary/aromatic N) is 2. The third-order valence-electron chi connectivity index (χ3n) is 7.38. The van der Waals surface area contributed by atoms with E-state index in [1.807, 2.05) is 67.3 Å². The van der Waals surface area contributed by atoms with Crippen LogP contribution in [0.2, 0.25) is 0 Å². The summed E-state index contributed by atoms with van der Waals surface area (Å²) in [6.07, 6.45) is -0.391. The number of fused-ring (bicyclic) bond motifs is 1. The first-order valence-corrected chi connectivity index (χ1v) is 12.0. The van der Waals surface area contributed by atoms with E-state index in [4.69, 9.17) is 4.74 Å². The minimum atomic E-state index is -1.02. The minimum absolute atomic E-state index is 0.0930. The highest BCUT2D eigenvalue weighted by Gasteiger charge is 2.44. The molecule has 2 N–H and O–H groups in total. The fraction of sp³-hybridized carbons (Fsp3) is 0.481. The lowest BCUT2D eigenvalue weighted by molar-refractivity contribution is 0.0719. The van der Waals surface area contributed by atoms with Crippen molar-refractivity contribution in [3.63, 3.8) is 0 Å². The largest absolute Gasteiger partial charge is 0.465 e. The van der Waals surface area contributed by atoms with E-state index in [-0.39, 0.29) is 18.0 Å². The number of methoxy groups -OCH3 is 1. The van der Waals surface area contributed by atoms with Crippen LogP contribution in [0.5, 0.6) is 0 Å². The van der Waals surface area contributed by atoms with E-state index in [1.165, 1.54) is 0 Å². The zero-order valence-electron chi connectivity index (χ0n) is 20.2. The highest BCUT2D eigenvalue weighted by molar-refractivity contribution is 5.97. The molecule has 34 heavy (non-hydrogen) atoms. The number of hydrogen-bond donors (Lipinski definition) is 2. The molecule has 2 saturated heterocycles. The van der Waals surface area contributed by atoms with Crippen LogP contribution in [0.4, 0.5) is 4.79 Å². The van der Waals surface area contributed by atoms with E-state index < -0.39 is 6.09 Å². The van der Waals surface area contributed by atoms with Gasteiger partial charge in [-0.25, -0.2) is 4.79 Å². The molecule has 0 bridgehead atoms. The van der Waals surface area contributed by atoms with Gasteiger partial charge in [0.15, 0.2) is 0 Å². The minimum Gasteiger partial charge on any atom is -0.465 e. The Balaban J connectivity index is 1.42. The number of carbonyl (C=O) groups excluding carboxylic acids is 1. The summed E-state index contributed by atoms with van der Waals surface area (Å²) < 4.78 is 5.54. The number of hydrogen-bond acceptors (Lipinski definition) is 4. The molecule has 2 aliphatic heterocycles. The fourth-order valence-electron chi connectivity index (χ4n) is 5.70. The van der Waals surface area contributed by atoms with Crippen LogP contribution in [0.25, 0.3) is 0 Å². The Morgan fingerprint density at radius 3 is 2.18 bits per heavy atom. The predicted octanol–water partition coefficient (Wildman–Crippen LogP) is 3.72. The zero-order valence-corrected chi connectivity index (χ0v) is 20.2. The zero-order chi connectivity index (χ0) is 24.2. The molecule has 2 aromatic carbocycles. The lowest BCUT2D eigenvalue weighted by Gasteiger charge is -2.32. The van der Waals surface area contributed by atoms with Crippen LogP contribution in [-0.4, -0.2) is 72.8 Å². The SMILES string of the molecule is COC[C@H](CC(NC(=O)O)c1ccccc1)N1CC2CN(C(=O)c3c(C)cccc3C)CC2C1. The number of carbonyl (C=O) groups is 2. The Kier molecular flexibility index (Phi) is 7.54. The maximum atomic E-state index is 13.3. The average molecular weight is 466 g/mol. The van der Waals surface area contributed by atoms with Gasteiger partial charge in [-0.2, -0.15) is 0 Å². The predicted molar refractivity (Wildman–Crippen MR) is 131 cm³/mol. The second-order valence-electron chi connectivity index (χ2n) is 9.71. The molecule has 2 aromatic rings. The summed E-state index contributed by atoms with van der Waals surface area (Å²) in [5.41, 5.74) is 3.85. The van der Waals surface area contributed by atoms with Crippen molar-refractivity contribution in [1.82, 2.24) is 15.1 Å². The summed E-state index contributed by atoms with van der Waals surface area (Å²) in [7, 11) is 1.69. The van der Waals surface area contributed by atoms with E-state index in [2.05, 4.69) is 10.2 Å². The number of carboxylic acid groups (broad SMARTS) is 1. The van der Waals surface area contributed by atoms with Crippen LogP contribution in [0.1, 0.15) is 39.5 Å². The van der Waals surface area contributed by atoms with E-state index >= 15 is 0 Å². The van der Waals surface area contributed by atoms with Crippen molar-refractivity contribution >= 4 is 12.0 Å². The van der Waals surface area contributed by atoms with Crippen LogP contribution in [0.3, 0.4) is 0 Å². The van der Waals surface area contributed by atoms with Gasteiger partial charge in [-0.15, -0.1) is 0 Å². The Bertz CT molecular complexity index is 978.